The van der Waals surface area contributed by atoms with Crippen LogP contribution in [0.5, 0.6) is 0 Å². The summed E-state index contributed by atoms with van der Waals surface area (Å²) in [6.45, 7) is 7.83. The fourth-order valence-corrected chi connectivity index (χ4v) is 6.02. The van der Waals surface area contributed by atoms with Crippen molar-refractivity contribution in [1.82, 2.24) is 19.9 Å². The second-order valence-corrected chi connectivity index (χ2v) is 9.66. The molecule has 0 saturated heterocycles. The van der Waals surface area contributed by atoms with E-state index in [2.05, 4.69) is 34.4 Å². The van der Waals surface area contributed by atoms with Gasteiger partial charge in [0, 0.05) is 6.07 Å². The molecule has 6 rings (SSSR count). The van der Waals surface area contributed by atoms with Gasteiger partial charge in [-0.15, -0.1) is 0 Å². The maximum atomic E-state index is 13.6. The lowest BCUT2D eigenvalue weighted by molar-refractivity contribution is -0.260. The van der Waals surface area contributed by atoms with Crippen molar-refractivity contribution < 1.29 is 9.90 Å². The Labute approximate surface area is 173 Å². The largest absolute Gasteiger partial charge is 0.385 e. The van der Waals surface area contributed by atoms with Crippen molar-refractivity contribution >= 4 is 23.2 Å². The van der Waals surface area contributed by atoms with Crippen molar-refractivity contribution in [1.29, 1.82) is 0 Å². The molecule has 1 spiro atoms. The van der Waals surface area contributed by atoms with Gasteiger partial charge in [0.2, 0.25) is 0 Å². The number of carbonyl (C=O) groups excluding carboxylic acids is 1. The molecular weight excluding hydrogens is 384 g/mol. The lowest BCUT2D eigenvalue weighted by atomic mass is 9.41. The monoisotopic (exact) mass is 410 g/mol. The number of aryl methyl sites for hydroxylation is 1. The maximum Gasteiger partial charge on any atom is 0.276 e. The number of nitrogens with one attached hydrogen (secondary N) is 2. The summed E-state index contributed by atoms with van der Waals surface area (Å²) < 4.78 is 1.48. The Kier molecular flexibility index (Phi) is 3.56. The molecule has 30 heavy (non-hydrogen) atoms. The molecule has 3 heterocycles. The van der Waals surface area contributed by atoms with E-state index in [0.717, 1.165) is 6.42 Å². The van der Waals surface area contributed by atoms with Crippen LogP contribution in [0.15, 0.2) is 23.3 Å². The van der Waals surface area contributed by atoms with Crippen molar-refractivity contribution in [2.75, 3.05) is 11.1 Å². The third kappa shape index (κ3) is 2.15. The van der Waals surface area contributed by atoms with Crippen LogP contribution in [0, 0.1) is 24.2 Å². The molecule has 158 valence electrons. The van der Waals surface area contributed by atoms with Gasteiger partial charge in [-0.05, 0) is 55.6 Å². The number of fused-ring (bicyclic) bond motifs is 1. The summed E-state index contributed by atoms with van der Waals surface area (Å²) >= 11 is 0. The summed E-state index contributed by atoms with van der Waals surface area (Å²) in [6.07, 6.45) is 2.70. The SMILES string of the molecule is Cc1cc(Nc2cc(N)ncn2)c(=O)n2c1C(=O)NC21CC2CC(C2(C)C)C1(C)O. The highest BCUT2D eigenvalue weighted by atomic mass is 16.3. The Bertz CT molecular complexity index is 1150. The number of nitrogens with zero attached hydrogens (tertiary/aromatic N) is 3. The lowest BCUT2D eigenvalue weighted by Gasteiger charge is -2.68. The molecule has 9 nitrogen and oxygen atoms in total. The number of nitrogen functional groups attached to an aromatic ring is 1. The van der Waals surface area contributed by atoms with Gasteiger partial charge in [-0.1, -0.05) is 13.8 Å². The van der Waals surface area contributed by atoms with E-state index in [1.807, 2.05) is 0 Å². The number of aliphatic hydroxyl groups is 1. The number of pyridine rings is 1. The molecule has 3 saturated carbocycles. The van der Waals surface area contributed by atoms with Crippen molar-refractivity contribution in [3.8, 4) is 0 Å². The molecule has 3 fully saturated rings. The van der Waals surface area contributed by atoms with Crippen LogP contribution in [0.3, 0.4) is 0 Å². The van der Waals surface area contributed by atoms with Crippen LogP contribution in [-0.4, -0.2) is 31.1 Å². The normalized spacial score (nSPS) is 33.0. The van der Waals surface area contributed by atoms with Gasteiger partial charge in [0.15, 0.2) is 0 Å². The smallest absolute Gasteiger partial charge is 0.276 e. The summed E-state index contributed by atoms with van der Waals surface area (Å²) in [5, 5.41) is 17.7. The predicted molar refractivity (Wildman–Crippen MR) is 111 cm³/mol. The minimum Gasteiger partial charge on any atom is -0.385 e. The average Bonchev–Trinajstić information content (AvgIpc) is 2.95. The first-order valence-electron chi connectivity index (χ1n) is 10.2. The second-order valence-electron chi connectivity index (χ2n) is 9.66. The molecular formula is C21H26N6O3. The van der Waals surface area contributed by atoms with Gasteiger partial charge in [-0.25, -0.2) is 9.97 Å². The van der Waals surface area contributed by atoms with E-state index in [0.29, 0.717) is 29.4 Å². The highest BCUT2D eigenvalue weighted by Gasteiger charge is 2.72. The van der Waals surface area contributed by atoms with Gasteiger partial charge in [-0.2, -0.15) is 0 Å². The van der Waals surface area contributed by atoms with Crippen LogP contribution in [0.25, 0.3) is 0 Å². The van der Waals surface area contributed by atoms with Gasteiger partial charge in [-0.3, -0.25) is 14.2 Å². The summed E-state index contributed by atoms with van der Waals surface area (Å²) in [7, 11) is 0. The Morgan fingerprint density at radius 3 is 2.63 bits per heavy atom. The van der Waals surface area contributed by atoms with Gasteiger partial charge in [0.1, 0.15) is 40.6 Å². The first kappa shape index (κ1) is 19.0. The van der Waals surface area contributed by atoms with Crippen LogP contribution in [-0.2, 0) is 5.66 Å². The fourth-order valence-electron chi connectivity index (χ4n) is 6.02. The van der Waals surface area contributed by atoms with E-state index in [4.69, 9.17) is 5.73 Å². The summed E-state index contributed by atoms with van der Waals surface area (Å²) in [6, 6.07) is 3.16. The molecule has 1 amide bonds. The molecule has 5 N–H and O–H groups in total. The topological polar surface area (TPSA) is 135 Å². The summed E-state index contributed by atoms with van der Waals surface area (Å²) in [5.41, 5.74) is 4.04. The van der Waals surface area contributed by atoms with Crippen molar-refractivity contribution in [3.63, 3.8) is 0 Å². The maximum absolute atomic E-state index is 13.6. The molecule has 2 aromatic heterocycles. The van der Waals surface area contributed by atoms with E-state index in [1.54, 1.807) is 19.9 Å². The Balaban J connectivity index is 1.69. The van der Waals surface area contributed by atoms with Crippen LogP contribution >= 0.6 is 0 Å². The van der Waals surface area contributed by atoms with Gasteiger partial charge in [0.05, 0.1) is 0 Å². The third-order valence-corrected chi connectivity index (χ3v) is 7.79. The van der Waals surface area contributed by atoms with E-state index >= 15 is 0 Å². The highest BCUT2D eigenvalue weighted by molar-refractivity contribution is 5.97. The van der Waals surface area contributed by atoms with Gasteiger partial charge >= 0.3 is 0 Å². The molecule has 9 heteroatoms. The van der Waals surface area contributed by atoms with E-state index < -0.39 is 11.3 Å². The number of hydrogen-bond donors (Lipinski definition) is 4. The van der Waals surface area contributed by atoms with E-state index in [-0.39, 0.29) is 34.3 Å². The van der Waals surface area contributed by atoms with Crippen molar-refractivity contribution in [3.05, 3.63) is 40.1 Å². The molecule has 2 bridgehead atoms. The molecule has 2 aromatic rings. The van der Waals surface area contributed by atoms with Crippen LogP contribution in [0.4, 0.5) is 17.3 Å². The average molecular weight is 410 g/mol. The summed E-state index contributed by atoms with van der Waals surface area (Å²) in [4.78, 5) is 34.5. The minimum absolute atomic E-state index is 0.0273. The second kappa shape index (κ2) is 5.60. The third-order valence-electron chi connectivity index (χ3n) is 7.79. The number of amides is 1. The van der Waals surface area contributed by atoms with Crippen LogP contribution < -0.4 is 21.9 Å². The molecule has 0 aromatic carbocycles. The number of nitrogens with two attached hydrogens (primary N) is 1. The molecule has 1 aliphatic heterocycles. The first-order chi connectivity index (χ1) is 14.0. The molecule has 4 aliphatic rings. The number of rotatable bonds is 2. The number of anilines is 3. The zero-order valence-corrected chi connectivity index (χ0v) is 17.5. The number of carbonyl (C=O) groups is 1. The van der Waals surface area contributed by atoms with Crippen LogP contribution in [0.1, 0.15) is 49.7 Å². The first-order valence-corrected chi connectivity index (χ1v) is 10.2. The van der Waals surface area contributed by atoms with Gasteiger partial charge < -0.3 is 21.5 Å². The van der Waals surface area contributed by atoms with Crippen LogP contribution in [0.2, 0.25) is 0 Å². The lowest BCUT2D eigenvalue weighted by Crippen LogP contribution is -2.76. The van der Waals surface area contributed by atoms with E-state index in [1.165, 1.54) is 17.0 Å². The Hall–Kier alpha value is -2.94. The predicted octanol–water partition coefficient (Wildman–Crippen LogP) is 1.49. The van der Waals surface area contributed by atoms with Gasteiger partial charge in [0.25, 0.3) is 11.5 Å². The number of hydrogen-bond acceptors (Lipinski definition) is 7. The van der Waals surface area contributed by atoms with Crippen molar-refractivity contribution in [2.24, 2.45) is 17.3 Å². The molecule has 3 aliphatic carbocycles. The highest BCUT2D eigenvalue weighted by Crippen LogP contribution is 2.67. The zero-order valence-electron chi connectivity index (χ0n) is 17.5. The fraction of sp³-hybridized carbons (Fsp3) is 0.524. The number of aromatic nitrogens is 3. The molecule has 0 radical (unpaired) electrons. The summed E-state index contributed by atoms with van der Waals surface area (Å²) in [5.74, 6) is 0.600. The molecule has 4 unspecified atom stereocenters. The van der Waals surface area contributed by atoms with E-state index in [9.17, 15) is 14.7 Å². The quantitative estimate of drug-likeness (QED) is 0.589. The molecule has 4 atom stereocenters. The Morgan fingerprint density at radius 2 is 2.00 bits per heavy atom. The van der Waals surface area contributed by atoms with Crippen molar-refractivity contribution in [2.45, 2.75) is 51.8 Å². The zero-order chi connectivity index (χ0) is 21.6. The minimum atomic E-state index is -1.28. The standard InChI is InChI=1S/C21H26N6O3/c1-10-5-12(25-15-7-14(22)23-9-24-15)18(29)27-16(10)17(28)26-21(27)8-11-6-13(19(11,2)3)20(21,4)30/h5,7,9,11,13,30H,6,8H2,1-4H3,(H,26,28)(H3,22,23,24,25). The Morgan fingerprint density at radius 1 is 1.27 bits per heavy atom.